The topological polar surface area (TPSA) is 67.2 Å². The van der Waals surface area contributed by atoms with Crippen LogP contribution in [0, 0.1) is 5.82 Å². The lowest BCUT2D eigenvalue weighted by Crippen LogP contribution is -2.35. The summed E-state index contributed by atoms with van der Waals surface area (Å²) in [6, 6.07) is 20.8. The Kier molecular flexibility index (Phi) is 5.19. The summed E-state index contributed by atoms with van der Waals surface area (Å²) < 4.78 is 43.2. The standard InChI is InChI=1S/C24H23FN4O2S/c1-17(18-5-3-2-4-6-18)28-13-14-29-23-12-9-20(15-22(23)26-24(29)16-28)27-32(30,31)21-10-7-19(25)8-11-21/h2-12,15,17,27H,13-14,16H2,1H3. The molecule has 1 atom stereocenters. The zero-order valence-electron chi connectivity index (χ0n) is 17.6. The maximum atomic E-state index is 13.1. The van der Waals surface area contributed by atoms with E-state index in [1.807, 2.05) is 12.1 Å². The first-order valence-electron chi connectivity index (χ1n) is 10.5. The monoisotopic (exact) mass is 450 g/mol. The Morgan fingerprint density at radius 3 is 2.50 bits per heavy atom. The molecule has 1 aliphatic heterocycles. The zero-order chi connectivity index (χ0) is 22.3. The first-order valence-corrected chi connectivity index (χ1v) is 12.0. The van der Waals surface area contributed by atoms with E-state index in [2.05, 4.69) is 45.4 Å². The lowest BCUT2D eigenvalue weighted by molar-refractivity contribution is 0.165. The third kappa shape index (κ3) is 3.87. The average molecular weight is 451 g/mol. The van der Waals surface area contributed by atoms with Crippen LogP contribution in [0.1, 0.15) is 24.4 Å². The van der Waals surface area contributed by atoms with Gasteiger partial charge in [0.05, 0.1) is 28.2 Å². The molecule has 0 bridgehead atoms. The van der Waals surface area contributed by atoms with Gasteiger partial charge in [0.1, 0.15) is 11.6 Å². The Hall–Kier alpha value is -3.23. The lowest BCUT2D eigenvalue weighted by atomic mass is 10.1. The van der Waals surface area contributed by atoms with Crippen LogP contribution < -0.4 is 4.72 Å². The van der Waals surface area contributed by atoms with E-state index in [1.54, 1.807) is 12.1 Å². The van der Waals surface area contributed by atoms with Crippen molar-refractivity contribution in [2.45, 2.75) is 31.0 Å². The highest BCUT2D eigenvalue weighted by Gasteiger charge is 2.24. The first-order chi connectivity index (χ1) is 15.4. The van der Waals surface area contributed by atoms with Crippen LogP contribution in [0.4, 0.5) is 10.1 Å². The highest BCUT2D eigenvalue weighted by atomic mass is 32.2. The highest BCUT2D eigenvalue weighted by Crippen LogP contribution is 2.29. The van der Waals surface area contributed by atoms with Gasteiger partial charge in [-0.3, -0.25) is 9.62 Å². The van der Waals surface area contributed by atoms with Gasteiger partial charge in [0.25, 0.3) is 10.0 Å². The Morgan fingerprint density at radius 1 is 1.00 bits per heavy atom. The molecule has 0 saturated carbocycles. The number of sulfonamides is 1. The number of rotatable bonds is 5. The second-order valence-electron chi connectivity index (χ2n) is 8.00. The normalized spacial score (nSPS) is 15.4. The predicted molar refractivity (Wildman–Crippen MR) is 122 cm³/mol. The first kappa shape index (κ1) is 20.7. The summed E-state index contributed by atoms with van der Waals surface area (Å²) in [5.74, 6) is 0.483. The summed E-state index contributed by atoms with van der Waals surface area (Å²) in [5, 5.41) is 0. The molecule has 1 aliphatic rings. The van der Waals surface area contributed by atoms with Crippen molar-refractivity contribution < 1.29 is 12.8 Å². The number of hydrogen-bond donors (Lipinski definition) is 1. The molecule has 6 nitrogen and oxygen atoms in total. The molecule has 1 unspecified atom stereocenters. The van der Waals surface area contributed by atoms with Gasteiger partial charge in [-0.05, 0) is 55.0 Å². The Labute approximate surface area is 186 Å². The molecule has 0 saturated heterocycles. The van der Waals surface area contributed by atoms with Crippen LogP contribution in [0.3, 0.4) is 0 Å². The van der Waals surface area contributed by atoms with Crippen molar-refractivity contribution in [3.63, 3.8) is 0 Å². The summed E-state index contributed by atoms with van der Waals surface area (Å²) in [6.07, 6.45) is 0. The number of fused-ring (bicyclic) bond motifs is 3. The maximum absolute atomic E-state index is 13.1. The molecule has 1 N–H and O–H groups in total. The fourth-order valence-electron chi connectivity index (χ4n) is 4.20. The minimum Gasteiger partial charge on any atom is -0.326 e. The zero-order valence-corrected chi connectivity index (χ0v) is 18.4. The molecule has 0 fully saturated rings. The second kappa shape index (κ2) is 8.03. The van der Waals surface area contributed by atoms with Crippen LogP contribution in [0.2, 0.25) is 0 Å². The maximum Gasteiger partial charge on any atom is 0.261 e. The van der Waals surface area contributed by atoms with Gasteiger partial charge in [0.15, 0.2) is 0 Å². The summed E-state index contributed by atoms with van der Waals surface area (Å²) in [7, 11) is -3.81. The molecule has 1 aromatic heterocycles. The third-order valence-electron chi connectivity index (χ3n) is 5.99. The van der Waals surface area contributed by atoms with E-state index in [0.717, 1.165) is 48.6 Å². The van der Waals surface area contributed by atoms with E-state index in [1.165, 1.54) is 17.7 Å². The van der Waals surface area contributed by atoms with Crippen molar-refractivity contribution in [3.05, 3.63) is 90.0 Å². The van der Waals surface area contributed by atoms with Gasteiger partial charge in [-0.2, -0.15) is 0 Å². The average Bonchev–Trinajstić information content (AvgIpc) is 3.16. The van der Waals surface area contributed by atoms with Crippen LogP contribution in [-0.2, 0) is 23.1 Å². The molecule has 4 aromatic rings. The molecule has 32 heavy (non-hydrogen) atoms. The van der Waals surface area contributed by atoms with Crippen LogP contribution >= 0.6 is 0 Å². The number of nitrogens with zero attached hydrogens (tertiary/aromatic N) is 3. The van der Waals surface area contributed by atoms with Crippen LogP contribution in [0.15, 0.2) is 77.7 Å². The summed E-state index contributed by atoms with van der Waals surface area (Å²) in [6.45, 7) is 4.66. The number of benzene rings is 3. The molecule has 3 aromatic carbocycles. The summed E-state index contributed by atoms with van der Waals surface area (Å²) in [5.41, 5.74) is 3.42. The number of hydrogen-bond acceptors (Lipinski definition) is 4. The van der Waals surface area contributed by atoms with E-state index in [0.29, 0.717) is 5.69 Å². The number of anilines is 1. The molecule has 0 radical (unpaired) electrons. The van der Waals surface area contributed by atoms with Crippen molar-refractivity contribution in [3.8, 4) is 0 Å². The fourth-order valence-corrected chi connectivity index (χ4v) is 5.25. The Morgan fingerprint density at radius 2 is 1.75 bits per heavy atom. The smallest absolute Gasteiger partial charge is 0.261 e. The van der Waals surface area contributed by atoms with Gasteiger partial charge in [-0.1, -0.05) is 30.3 Å². The molecule has 2 heterocycles. The Balaban J connectivity index is 1.39. The van der Waals surface area contributed by atoms with E-state index in [4.69, 9.17) is 4.98 Å². The molecule has 0 amide bonds. The number of imidazole rings is 1. The number of halogens is 1. The Bertz CT molecular complexity index is 1370. The second-order valence-corrected chi connectivity index (χ2v) is 9.68. The molecule has 0 spiro atoms. The van der Waals surface area contributed by atoms with Crippen LogP contribution in [-0.4, -0.2) is 29.4 Å². The van der Waals surface area contributed by atoms with Gasteiger partial charge in [0.2, 0.25) is 0 Å². The minimum atomic E-state index is -3.81. The molecular weight excluding hydrogens is 427 g/mol. The predicted octanol–water partition coefficient (Wildman–Crippen LogP) is 4.55. The van der Waals surface area contributed by atoms with Crippen molar-refractivity contribution in [1.29, 1.82) is 0 Å². The molecule has 164 valence electrons. The SMILES string of the molecule is CC(c1ccccc1)N1CCn2c(nc3cc(NS(=O)(=O)c4ccc(F)cc4)ccc32)C1. The van der Waals surface area contributed by atoms with E-state index in [9.17, 15) is 12.8 Å². The van der Waals surface area contributed by atoms with Crippen molar-refractivity contribution in [2.24, 2.45) is 0 Å². The van der Waals surface area contributed by atoms with Gasteiger partial charge in [-0.15, -0.1) is 0 Å². The van der Waals surface area contributed by atoms with Crippen molar-refractivity contribution >= 4 is 26.7 Å². The van der Waals surface area contributed by atoms with Crippen molar-refractivity contribution in [2.75, 3.05) is 11.3 Å². The quantitative estimate of drug-likeness (QED) is 0.484. The lowest BCUT2D eigenvalue weighted by Gasteiger charge is -2.33. The highest BCUT2D eigenvalue weighted by molar-refractivity contribution is 7.92. The van der Waals surface area contributed by atoms with E-state index < -0.39 is 15.8 Å². The fraction of sp³-hybridized carbons (Fsp3) is 0.208. The van der Waals surface area contributed by atoms with E-state index >= 15 is 0 Å². The molecule has 5 rings (SSSR count). The van der Waals surface area contributed by atoms with Crippen LogP contribution in [0.5, 0.6) is 0 Å². The van der Waals surface area contributed by atoms with Gasteiger partial charge in [0, 0.05) is 19.1 Å². The molecule has 8 heteroatoms. The third-order valence-corrected chi connectivity index (χ3v) is 7.39. The summed E-state index contributed by atoms with van der Waals surface area (Å²) in [4.78, 5) is 7.20. The summed E-state index contributed by atoms with van der Waals surface area (Å²) >= 11 is 0. The largest absolute Gasteiger partial charge is 0.326 e. The van der Waals surface area contributed by atoms with Gasteiger partial charge >= 0.3 is 0 Å². The minimum absolute atomic E-state index is 0.00803. The van der Waals surface area contributed by atoms with Gasteiger partial charge in [-0.25, -0.2) is 17.8 Å². The molecular formula is C24H23FN4O2S. The van der Waals surface area contributed by atoms with Crippen molar-refractivity contribution in [1.82, 2.24) is 14.5 Å². The van der Waals surface area contributed by atoms with Gasteiger partial charge < -0.3 is 4.57 Å². The number of aromatic nitrogens is 2. The molecule has 0 aliphatic carbocycles. The van der Waals surface area contributed by atoms with Crippen LogP contribution in [0.25, 0.3) is 11.0 Å². The van der Waals surface area contributed by atoms with E-state index in [-0.39, 0.29) is 10.9 Å². The number of nitrogens with one attached hydrogen (secondary N) is 1.